The molecule has 550 valence electrons. The Hall–Kier alpha value is -8.71. The number of ether oxygens (including phenoxy) is 1. The number of likely N-dealkylation sites (tertiary alicyclic amines) is 3. The van der Waals surface area contributed by atoms with Crippen LogP contribution in [0.15, 0.2) is 103 Å². The molecule has 20 nitrogen and oxygen atoms in total. The number of rotatable bonds is 11. The summed E-state index contributed by atoms with van der Waals surface area (Å²) in [6, 6.07) is 25.6. The van der Waals surface area contributed by atoms with Crippen molar-refractivity contribution in [1.82, 2.24) is 53.1 Å². The van der Waals surface area contributed by atoms with Gasteiger partial charge in [-0.05, 0) is 176 Å². The molecule has 7 aromatic rings. The van der Waals surface area contributed by atoms with Crippen molar-refractivity contribution in [2.24, 2.45) is 11.3 Å². The molecule has 6 aliphatic rings. The number of carbonyl (C=O) groups is 6. The number of aromatic nitrogens is 5. The lowest BCUT2D eigenvalue weighted by atomic mass is 9.81. The molecular formula is C78H95ClF4N12O8. The van der Waals surface area contributed by atoms with Gasteiger partial charge in [-0.3, -0.25) is 43.5 Å². The number of phenolic OH excluding ortho intramolecular Hbond substituents is 1. The molecule has 103 heavy (non-hydrogen) atoms. The summed E-state index contributed by atoms with van der Waals surface area (Å²) in [5.41, 5.74) is 7.08. The smallest absolute Gasteiger partial charge is 0.456 e. The molecule has 0 radical (unpaired) electrons. The van der Waals surface area contributed by atoms with Crippen LogP contribution in [0.2, 0.25) is 5.02 Å². The number of phenols is 1. The minimum atomic E-state index is -4.92. The maximum absolute atomic E-state index is 14.5. The second-order valence-electron chi connectivity index (χ2n) is 30.1. The first-order valence-corrected chi connectivity index (χ1v) is 35.9. The molecule has 3 saturated heterocycles. The third-order valence-electron chi connectivity index (χ3n) is 21.9. The Balaban J connectivity index is 0.000000156. The predicted octanol–water partition coefficient (Wildman–Crippen LogP) is 12.6. The summed E-state index contributed by atoms with van der Waals surface area (Å²) in [7, 11) is 9.97. The Morgan fingerprint density at radius 2 is 0.942 bits per heavy atom. The van der Waals surface area contributed by atoms with Gasteiger partial charge in [-0.2, -0.15) is 13.2 Å². The zero-order valence-corrected chi connectivity index (χ0v) is 62.0. The topological polar surface area (TPSA) is 195 Å². The van der Waals surface area contributed by atoms with E-state index in [1.165, 1.54) is 40.6 Å². The summed E-state index contributed by atoms with van der Waals surface area (Å²) < 4.78 is 65.3. The number of amides is 3. The van der Waals surface area contributed by atoms with E-state index < -0.39 is 28.7 Å². The first kappa shape index (κ1) is 75.4. The molecule has 0 unspecified atom stereocenters. The van der Waals surface area contributed by atoms with E-state index in [0.29, 0.717) is 93.5 Å². The molecule has 3 fully saturated rings. The number of aromatic hydroxyl groups is 1. The Bertz CT molecular complexity index is 4350. The van der Waals surface area contributed by atoms with Crippen molar-refractivity contribution in [3.8, 4) is 22.6 Å². The van der Waals surface area contributed by atoms with Gasteiger partial charge in [0.2, 0.25) is 5.95 Å². The zero-order valence-electron chi connectivity index (χ0n) is 61.3. The van der Waals surface area contributed by atoms with Crippen molar-refractivity contribution in [3.05, 3.63) is 171 Å². The molecule has 4 aromatic heterocycles. The number of hydrogen-bond acceptors (Lipinski definition) is 14. The highest BCUT2D eigenvalue weighted by molar-refractivity contribution is 6.32. The largest absolute Gasteiger partial charge is 0.506 e. The lowest BCUT2D eigenvalue weighted by Crippen LogP contribution is -2.56. The van der Waals surface area contributed by atoms with Gasteiger partial charge in [0.25, 0.3) is 23.5 Å². The molecule has 10 heterocycles. The number of piperidine rings is 3. The van der Waals surface area contributed by atoms with E-state index >= 15 is 0 Å². The van der Waals surface area contributed by atoms with E-state index in [4.69, 9.17) is 16.3 Å². The number of aryl methyl sites for hydroxylation is 1. The maximum atomic E-state index is 14.5. The number of likely N-dealkylation sites (N-methyl/N-ethyl adjacent to an activating group) is 3. The zero-order chi connectivity index (χ0) is 74.6. The summed E-state index contributed by atoms with van der Waals surface area (Å²) in [6.07, 6.45) is 2.73. The van der Waals surface area contributed by atoms with E-state index in [1.54, 1.807) is 40.4 Å². The molecule has 13 rings (SSSR count). The van der Waals surface area contributed by atoms with E-state index in [2.05, 4.69) is 60.0 Å². The standard InChI is InChI=1S/C28H31F3N6O2.C27H36FN3O3.C23H28ClN3O3/c1-18-15-19(5-6-21(18)20-16-32-26(33-17-20)34(2)3)25(39)36-11-9-27(10-12-36)23-8-7-22(24(38)28(29,30)31)37(23)14-13-35(27)4;1-18(2)34-22-9-7-19(17-20(22)28)25(33)30-13-11-27(12-14-30)23-10-8-21(24(32)26(3,4)5)31(23)16-15-29(27)6;1-15(2)21(29)18-5-7-20-23(25(3)12-13-27(18)20)8-10-26(11-9-23)22(30)16-4-6-19(28)17(24)14-16/h5-8,15-17H,9-14H2,1-4H3;7-10,17-18H,11-16H2,1-6H3;4-7,14-15,28H,8-13H2,1-3H3. The van der Waals surface area contributed by atoms with Gasteiger partial charge < -0.3 is 43.1 Å². The fourth-order valence-corrected chi connectivity index (χ4v) is 16.1. The van der Waals surface area contributed by atoms with Crippen molar-refractivity contribution < 1.29 is 56.2 Å². The normalized spacial score (nSPS) is 18.0. The Kier molecular flexibility index (Phi) is 21.6. The van der Waals surface area contributed by atoms with Gasteiger partial charge in [-0.25, -0.2) is 14.4 Å². The van der Waals surface area contributed by atoms with Gasteiger partial charge in [0.05, 0.1) is 44.8 Å². The molecular weight excluding hydrogens is 1340 g/mol. The van der Waals surface area contributed by atoms with Crippen LogP contribution in [0.1, 0.15) is 172 Å². The highest BCUT2D eigenvalue weighted by Crippen LogP contribution is 2.46. The summed E-state index contributed by atoms with van der Waals surface area (Å²) in [6.45, 7) is 22.8. The molecule has 0 aliphatic carbocycles. The minimum absolute atomic E-state index is 0.0258. The molecule has 0 bridgehead atoms. The van der Waals surface area contributed by atoms with E-state index in [9.17, 15) is 51.4 Å². The number of alkyl halides is 3. The Labute approximate surface area is 605 Å². The molecule has 0 saturated carbocycles. The summed E-state index contributed by atoms with van der Waals surface area (Å²) in [5, 5.41) is 9.79. The predicted molar refractivity (Wildman–Crippen MR) is 387 cm³/mol. The number of nitrogens with zero attached hydrogens (tertiary/aromatic N) is 12. The summed E-state index contributed by atoms with van der Waals surface area (Å²) in [5.74, 6) is -1.61. The van der Waals surface area contributed by atoms with Crippen molar-refractivity contribution in [3.63, 3.8) is 0 Å². The maximum Gasteiger partial charge on any atom is 0.456 e. The molecule has 3 aromatic carbocycles. The molecule has 25 heteroatoms. The minimum Gasteiger partial charge on any atom is -0.506 e. The lowest BCUT2D eigenvalue weighted by molar-refractivity contribution is -0.0892. The number of fused-ring (bicyclic) bond motifs is 6. The number of Topliss-reactive ketones (excluding diaryl/α,β-unsaturated/α-hetero) is 3. The fraction of sp³-hybridized carbons (Fsp3) is 0.487. The van der Waals surface area contributed by atoms with Crippen LogP contribution in [-0.4, -0.2) is 200 Å². The van der Waals surface area contributed by atoms with Crippen molar-refractivity contribution in [1.29, 1.82) is 0 Å². The second-order valence-corrected chi connectivity index (χ2v) is 30.5. The van der Waals surface area contributed by atoms with Gasteiger partial charge in [0.1, 0.15) is 5.75 Å². The summed E-state index contributed by atoms with van der Waals surface area (Å²) in [4.78, 5) is 100. The monoisotopic (exact) mass is 1440 g/mol. The quantitative estimate of drug-likeness (QED) is 0.0949. The molecule has 1 N–H and O–H groups in total. The third kappa shape index (κ3) is 14.7. The first-order chi connectivity index (χ1) is 48.6. The van der Waals surface area contributed by atoms with Crippen LogP contribution in [0.25, 0.3) is 11.1 Å². The number of carbonyl (C=O) groups excluding carboxylic acids is 6. The fourth-order valence-electron chi connectivity index (χ4n) is 15.9. The van der Waals surface area contributed by atoms with Crippen molar-refractivity contribution >= 4 is 52.6 Å². The Morgan fingerprint density at radius 3 is 1.33 bits per heavy atom. The number of hydrogen-bond donors (Lipinski definition) is 1. The molecule has 0 atom stereocenters. The SMILES string of the molecule is CC(C)C(=O)c1ccc2n1CCN(C)C21CCN(C(=O)c2ccc(O)c(Cl)c2)CC1.CC(C)Oc1ccc(C(=O)N2CCC3(CC2)c2ccc(C(=O)C(C)(C)C)n2CCN3C)cc1F.Cc1cc(C(=O)N2CCC3(CC2)c2ccc(C(=O)C(F)(F)F)n2CCN3C)ccc1-c1cnc(N(C)C)nc1. The average Bonchev–Trinajstić information content (AvgIpc) is 1.67. The second kappa shape index (κ2) is 29.4. The van der Waals surface area contributed by atoms with Gasteiger partial charge in [0.15, 0.2) is 23.1 Å². The van der Waals surface area contributed by atoms with Crippen LogP contribution < -0.4 is 9.64 Å². The van der Waals surface area contributed by atoms with Crippen molar-refractivity contribution in [2.45, 2.75) is 142 Å². The van der Waals surface area contributed by atoms with Crippen LogP contribution in [0.4, 0.5) is 23.5 Å². The number of anilines is 1. The molecule has 6 aliphatic heterocycles. The number of ketones is 3. The van der Waals surface area contributed by atoms with Crippen LogP contribution in [-0.2, 0) is 36.3 Å². The van der Waals surface area contributed by atoms with Crippen LogP contribution in [0.3, 0.4) is 0 Å². The van der Waals surface area contributed by atoms with E-state index in [1.807, 2.05) is 117 Å². The van der Waals surface area contributed by atoms with Gasteiger partial charge in [-0.1, -0.05) is 52.3 Å². The van der Waals surface area contributed by atoms with Gasteiger partial charge in [0, 0.05) is 156 Å². The van der Waals surface area contributed by atoms with E-state index in [-0.39, 0.29) is 74.6 Å². The molecule has 3 spiro atoms. The summed E-state index contributed by atoms with van der Waals surface area (Å²) >= 11 is 5.98. The Morgan fingerprint density at radius 1 is 0.544 bits per heavy atom. The van der Waals surface area contributed by atoms with Gasteiger partial charge in [-0.15, -0.1) is 0 Å². The van der Waals surface area contributed by atoms with Crippen LogP contribution in [0, 0.1) is 24.1 Å². The molecule has 3 amide bonds. The highest BCUT2D eigenvalue weighted by atomic mass is 35.5. The van der Waals surface area contributed by atoms with Gasteiger partial charge >= 0.3 is 6.18 Å². The average molecular weight is 1440 g/mol. The lowest BCUT2D eigenvalue weighted by Gasteiger charge is -2.50. The van der Waals surface area contributed by atoms with E-state index in [0.717, 1.165) is 85.6 Å². The highest BCUT2D eigenvalue weighted by Gasteiger charge is 2.50. The third-order valence-corrected chi connectivity index (χ3v) is 22.2. The van der Waals surface area contributed by atoms with Crippen LogP contribution in [0.5, 0.6) is 11.5 Å². The first-order valence-electron chi connectivity index (χ1n) is 35.5. The van der Waals surface area contributed by atoms with Crippen molar-refractivity contribution in [2.75, 3.05) is 99.0 Å². The van der Waals surface area contributed by atoms with Crippen LogP contribution >= 0.6 is 11.6 Å². The number of halogens is 5. The number of benzene rings is 3.